The summed E-state index contributed by atoms with van der Waals surface area (Å²) in [7, 11) is 0.865. The third kappa shape index (κ3) is 3.31. The first-order valence-electron chi connectivity index (χ1n) is 4.33. The number of anilines is 1. The van der Waals surface area contributed by atoms with Crippen molar-refractivity contribution >= 4 is 48.6 Å². The van der Waals surface area contributed by atoms with Crippen molar-refractivity contribution in [2.45, 2.75) is 11.8 Å². The molecule has 0 spiro atoms. The molecule has 0 heterocycles. The smallest absolute Gasteiger partial charge is 0.294 e. The van der Waals surface area contributed by atoms with Crippen molar-refractivity contribution in [3.63, 3.8) is 0 Å². The second-order valence-electron chi connectivity index (χ2n) is 3.18. The lowest BCUT2D eigenvalue weighted by molar-refractivity contribution is -0.384. The van der Waals surface area contributed by atoms with E-state index in [0.717, 1.165) is 13.0 Å². The van der Waals surface area contributed by atoms with Gasteiger partial charge in [0, 0.05) is 23.7 Å². The number of nitrogens with zero attached hydrogens (tertiary/aromatic N) is 1. The normalized spacial score (nSPS) is 11.1. The minimum Gasteiger partial charge on any atom is -0.321 e. The molecular weight excluding hydrogens is 307 g/mol. The number of carbonyl (C=O) groups excluding carboxylic acids is 1. The molecule has 0 saturated heterocycles. The Morgan fingerprint density at radius 3 is 2.39 bits per heavy atom. The van der Waals surface area contributed by atoms with Gasteiger partial charge in [0.2, 0.25) is 5.91 Å². The van der Waals surface area contributed by atoms with Gasteiger partial charge in [-0.05, 0) is 6.07 Å². The number of nitro benzene ring substituents is 1. The van der Waals surface area contributed by atoms with Gasteiger partial charge in [-0.2, -0.15) is 0 Å². The van der Waals surface area contributed by atoms with Crippen LogP contribution in [0.1, 0.15) is 6.92 Å². The summed E-state index contributed by atoms with van der Waals surface area (Å²) in [6, 6.07) is 1.65. The number of halogens is 2. The van der Waals surface area contributed by atoms with Crippen LogP contribution >= 0.6 is 22.3 Å². The lowest BCUT2D eigenvalue weighted by Crippen LogP contribution is -2.09. The quantitative estimate of drug-likeness (QED) is 0.522. The largest absolute Gasteiger partial charge is 0.321 e. The Morgan fingerprint density at radius 2 is 2.00 bits per heavy atom. The number of benzene rings is 1. The van der Waals surface area contributed by atoms with Crippen LogP contribution in [0.4, 0.5) is 11.4 Å². The van der Waals surface area contributed by atoms with E-state index >= 15 is 0 Å². The van der Waals surface area contributed by atoms with Gasteiger partial charge in [-0.1, -0.05) is 11.6 Å². The molecule has 0 radical (unpaired) electrons. The topological polar surface area (TPSA) is 106 Å². The highest BCUT2D eigenvalue weighted by Crippen LogP contribution is 2.35. The number of amides is 1. The molecule has 1 rings (SSSR count). The lowest BCUT2D eigenvalue weighted by Gasteiger charge is -2.06. The van der Waals surface area contributed by atoms with Crippen molar-refractivity contribution < 1.29 is 18.1 Å². The molecule has 1 amide bonds. The van der Waals surface area contributed by atoms with Crippen molar-refractivity contribution in [2.24, 2.45) is 0 Å². The maximum atomic E-state index is 11.1. The summed E-state index contributed by atoms with van der Waals surface area (Å²) in [5.74, 6) is -0.560. The van der Waals surface area contributed by atoms with Gasteiger partial charge in [0.15, 0.2) is 0 Å². The molecular formula is C8H6Cl2N2O5S. The second-order valence-corrected chi connectivity index (χ2v) is 6.12. The Bertz CT molecular complexity index is 629. The maximum absolute atomic E-state index is 11.1. The summed E-state index contributed by atoms with van der Waals surface area (Å²) < 4.78 is 22.3. The van der Waals surface area contributed by atoms with Crippen LogP contribution in [-0.4, -0.2) is 19.2 Å². The molecule has 7 nitrogen and oxygen atoms in total. The van der Waals surface area contributed by atoms with E-state index in [-0.39, 0.29) is 10.7 Å². The first-order chi connectivity index (χ1) is 8.12. The Labute approximate surface area is 111 Å². The average molecular weight is 313 g/mol. The highest BCUT2D eigenvalue weighted by molar-refractivity contribution is 8.13. The molecule has 0 aliphatic rings. The molecule has 10 heteroatoms. The molecule has 18 heavy (non-hydrogen) atoms. The number of hydrogen-bond acceptors (Lipinski definition) is 5. The molecule has 0 aromatic heterocycles. The number of nitro groups is 1. The van der Waals surface area contributed by atoms with Gasteiger partial charge in [-0.3, -0.25) is 14.9 Å². The number of nitrogens with one attached hydrogen (secondary N) is 1. The Morgan fingerprint density at radius 1 is 1.44 bits per heavy atom. The van der Waals surface area contributed by atoms with E-state index in [1.54, 1.807) is 0 Å². The first-order valence-corrected chi connectivity index (χ1v) is 7.02. The molecule has 0 aliphatic heterocycles. The molecule has 0 aliphatic carbocycles. The van der Waals surface area contributed by atoms with E-state index in [0.29, 0.717) is 6.07 Å². The van der Waals surface area contributed by atoms with Crippen LogP contribution in [0.25, 0.3) is 0 Å². The fraction of sp³-hybridized carbons (Fsp3) is 0.125. The predicted octanol–water partition coefficient (Wildman–Crippen LogP) is 2.13. The highest BCUT2D eigenvalue weighted by atomic mass is 35.7. The van der Waals surface area contributed by atoms with Gasteiger partial charge in [0.05, 0.1) is 9.95 Å². The predicted molar refractivity (Wildman–Crippen MR) is 65.4 cm³/mol. The molecule has 98 valence electrons. The molecule has 0 saturated carbocycles. The number of rotatable bonds is 3. The van der Waals surface area contributed by atoms with Crippen molar-refractivity contribution in [1.29, 1.82) is 0 Å². The first kappa shape index (κ1) is 14.7. The van der Waals surface area contributed by atoms with Crippen LogP contribution in [0.15, 0.2) is 17.0 Å². The van der Waals surface area contributed by atoms with Crippen molar-refractivity contribution in [2.75, 3.05) is 5.32 Å². The zero-order chi connectivity index (χ0) is 14.1. The summed E-state index contributed by atoms with van der Waals surface area (Å²) in [5, 5.41) is 12.6. The average Bonchev–Trinajstić information content (AvgIpc) is 2.13. The van der Waals surface area contributed by atoms with Crippen LogP contribution < -0.4 is 5.32 Å². The standard InChI is InChI=1S/C8H6Cl2N2O5S/c1-4(13)11-6-2-5(9)8(18(10,16)17)3-7(6)12(14)15/h2-3H,1H3,(H,11,13). The van der Waals surface area contributed by atoms with Gasteiger partial charge in [0.1, 0.15) is 10.6 Å². The minimum atomic E-state index is -4.21. The SMILES string of the molecule is CC(=O)Nc1cc(Cl)c(S(=O)(=O)Cl)cc1[N+](=O)[O-]. The Kier molecular flexibility index (Phi) is 4.15. The number of carbonyl (C=O) groups is 1. The molecule has 1 aromatic carbocycles. The van der Waals surface area contributed by atoms with Gasteiger partial charge >= 0.3 is 0 Å². The summed E-state index contributed by atoms with van der Waals surface area (Å²) in [6.07, 6.45) is 0. The lowest BCUT2D eigenvalue weighted by atomic mass is 10.2. The van der Waals surface area contributed by atoms with Crippen molar-refractivity contribution in [3.8, 4) is 0 Å². The van der Waals surface area contributed by atoms with Crippen LogP contribution in [0.3, 0.4) is 0 Å². The number of hydrogen-bond donors (Lipinski definition) is 1. The van der Waals surface area contributed by atoms with Crippen molar-refractivity contribution in [1.82, 2.24) is 0 Å². The van der Waals surface area contributed by atoms with Crippen LogP contribution in [0, 0.1) is 10.1 Å². The fourth-order valence-corrected chi connectivity index (χ4v) is 2.68. The van der Waals surface area contributed by atoms with Gasteiger partial charge < -0.3 is 5.32 Å². The summed E-state index contributed by atoms with van der Waals surface area (Å²) >= 11 is 5.64. The monoisotopic (exact) mass is 312 g/mol. The van der Waals surface area contributed by atoms with E-state index in [2.05, 4.69) is 5.32 Å². The van der Waals surface area contributed by atoms with E-state index in [1.165, 1.54) is 0 Å². The Hall–Kier alpha value is -1.38. The van der Waals surface area contributed by atoms with Gasteiger partial charge in [-0.25, -0.2) is 8.42 Å². The van der Waals surface area contributed by atoms with Crippen LogP contribution in [-0.2, 0) is 13.8 Å². The van der Waals surface area contributed by atoms with Gasteiger partial charge in [-0.15, -0.1) is 0 Å². The van der Waals surface area contributed by atoms with E-state index in [9.17, 15) is 23.3 Å². The zero-order valence-corrected chi connectivity index (χ0v) is 11.1. The zero-order valence-electron chi connectivity index (χ0n) is 8.81. The molecule has 1 aromatic rings. The molecule has 0 bridgehead atoms. The van der Waals surface area contributed by atoms with E-state index in [1.807, 2.05) is 0 Å². The Balaban J connectivity index is 3.54. The van der Waals surface area contributed by atoms with E-state index in [4.69, 9.17) is 22.3 Å². The van der Waals surface area contributed by atoms with E-state index < -0.39 is 30.5 Å². The molecule has 0 unspecified atom stereocenters. The van der Waals surface area contributed by atoms with Crippen LogP contribution in [0.2, 0.25) is 5.02 Å². The summed E-state index contributed by atoms with van der Waals surface area (Å²) in [6.45, 7) is 1.14. The maximum Gasteiger partial charge on any atom is 0.294 e. The summed E-state index contributed by atoms with van der Waals surface area (Å²) in [5.41, 5.74) is -0.824. The van der Waals surface area contributed by atoms with Crippen LogP contribution in [0.5, 0.6) is 0 Å². The van der Waals surface area contributed by atoms with Gasteiger partial charge in [0.25, 0.3) is 14.7 Å². The fourth-order valence-electron chi connectivity index (χ4n) is 1.17. The highest BCUT2D eigenvalue weighted by Gasteiger charge is 2.24. The minimum absolute atomic E-state index is 0.207. The molecule has 0 atom stereocenters. The summed E-state index contributed by atoms with van der Waals surface area (Å²) in [4.78, 5) is 20.2. The molecule has 0 fully saturated rings. The second kappa shape index (κ2) is 5.09. The molecule has 1 N–H and O–H groups in total. The van der Waals surface area contributed by atoms with Crippen molar-refractivity contribution in [3.05, 3.63) is 27.3 Å². The third-order valence-electron chi connectivity index (χ3n) is 1.82. The third-order valence-corrected chi connectivity index (χ3v) is 3.61.